The number of rotatable bonds is 8. The highest BCUT2D eigenvalue weighted by atomic mass is 35.5. The van der Waals surface area contributed by atoms with Crippen LogP contribution in [0.4, 0.5) is 0 Å². The molecule has 0 aliphatic carbocycles. The van der Waals surface area contributed by atoms with Crippen molar-refractivity contribution >= 4 is 35.4 Å². The smallest absolute Gasteiger partial charge is 0.252 e. The second kappa shape index (κ2) is 10.2. The number of carbonyl (C=O) groups is 2. The van der Waals surface area contributed by atoms with Crippen molar-refractivity contribution in [2.24, 2.45) is 5.73 Å². The van der Waals surface area contributed by atoms with Gasteiger partial charge in [0.2, 0.25) is 5.78 Å². The molecule has 2 aromatic rings. The number of thiophene rings is 1. The molecule has 4 nitrogen and oxygen atoms in total. The first-order valence-corrected chi connectivity index (χ1v) is 8.73. The minimum absolute atomic E-state index is 0. The predicted octanol–water partition coefficient (Wildman–Crippen LogP) is 3.65. The molecule has 1 amide bonds. The monoisotopic (exact) mass is 366 g/mol. The van der Waals surface area contributed by atoms with E-state index in [9.17, 15) is 9.59 Å². The second-order valence-electron chi connectivity index (χ2n) is 5.40. The molecule has 1 aromatic carbocycles. The fourth-order valence-corrected chi connectivity index (χ4v) is 3.06. The number of unbranched alkanes of at least 4 members (excludes halogenated alkanes) is 1. The SMILES string of the molecule is CCCCC(CN)NC(=O)c1ccccc1C(=O)c1cccs1.Cl. The number of halogens is 1. The van der Waals surface area contributed by atoms with E-state index in [1.54, 1.807) is 30.3 Å². The Morgan fingerprint density at radius 1 is 1.17 bits per heavy atom. The Balaban J connectivity index is 0.00000288. The molecule has 24 heavy (non-hydrogen) atoms. The van der Waals surface area contributed by atoms with Crippen LogP contribution in [0, 0.1) is 0 Å². The van der Waals surface area contributed by atoms with Gasteiger partial charge in [0.05, 0.1) is 10.4 Å². The third-order valence-electron chi connectivity index (χ3n) is 3.69. The van der Waals surface area contributed by atoms with E-state index in [1.807, 2.05) is 11.4 Å². The fraction of sp³-hybridized carbons (Fsp3) is 0.333. The van der Waals surface area contributed by atoms with Gasteiger partial charge >= 0.3 is 0 Å². The molecule has 130 valence electrons. The van der Waals surface area contributed by atoms with Crippen molar-refractivity contribution in [3.8, 4) is 0 Å². The van der Waals surface area contributed by atoms with Crippen molar-refractivity contribution in [3.05, 3.63) is 57.8 Å². The molecule has 0 saturated carbocycles. The zero-order chi connectivity index (χ0) is 16.7. The number of hydrogen-bond donors (Lipinski definition) is 2. The van der Waals surface area contributed by atoms with E-state index in [0.717, 1.165) is 19.3 Å². The minimum Gasteiger partial charge on any atom is -0.348 e. The van der Waals surface area contributed by atoms with Crippen LogP contribution in [0.5, 0.6) is 0 Å². The molecule has 0 fully saturated rings. The molecule has 2 rings (SSSR count). The van der Waals surface area contributed by atoms with E-state index in [-0.39, 0.29) is 30.1 Å². The van der Waals surface area contributed by atoms with Crippen LogP contribution in [-0.4, -0.2) is 24.3 Å². The Bertz CT molecular complexity index is 659. The summed E-state index contributed by atoms with van der Waals surface area (Å²) in [6.07, 6.45) is 2.91. The molecular weight excluding hydrogens is 344 g/mol. The van der Waals surface area contributed by atoms with Crippen molar-refractivity contribution < 1.29 is 9.59 Å². The van der Waals surface area contributed by atoms with Crippen LogP contribution >= 0.6 is 23.7 Å². The molecule has 1 unspecified atom stereocenters. The van der Waals surface area contributed by atoms with Crippen molar-refractivity contribution in [1.82, 2.24) is 5.32 Å². The molecule has 6 heteroatoms. The third kappa shape index (κ3) is 5.16. The van der Waals surface area contributed by atoms with Gasteiger partial charge in [-0.3, -0.25) is 9.59 Å². The second-order valence-corrected chi connectivity index (χ2v) is 6.35. The molecule has 3 N–H and O–H groups in total. The number of amides is 1. The Hall–Kier alpha value is -1.69. The maximum absolute atomic E-state index is 12.6. The van der Waals surface area contributed by atoms with Gasteiger partial charge in [0.15, 0.2) is 0 Å². The maximum atomic E-state index is 12.6. The zero-order valence-corrected chi connectivity index (χ0v) is 15.3. The predicted molar refractivity (Wildman–Crippen MR) is 101 cm³/mol. The number of carbonyl (C=O) groups excluding carboxylic acids is 2. The van der Waals surface area contributed by atoms with Gasteiger partial charge in [0.1, 0.15) is 0 Å². The zero-order valence-electron chi connectivity index (χ0n) is 13.7. The Labute approximate surface area is 152 Å². The number of nitrogens with two attached hydrogens (primary N) is 1. The van der Waals surface area contributed by atoms with Crippen LogP contribution in [0.1, 0.15) is 51.8 Å². The topological polar surface area (TPSA) is 72.2 Å². The summed E-state index contributed by atoms with van der Waals surface area (Å²) in [5.41, 5.74) is 6.57. The van der Waals surface area contributed by atoms with Crippen LogP contribution in [0.3, 0.4) is 0 Å². The molecule has 0 spiro atoms. The average Bonchev–Trinajstić information content (AvgIpc) is 3.12. The summed E-state index contributed by atoms with van der Waals surface area (Å²) in [5.74, 6) is -0.360. The highest BCUT2D eigenvalue weighted by molar-refractivity contribution is 7.12. The van der Waals surface area contributed by atoms with Gasteiger partial charge in [0, 0.05) is 18.2 Å². The molecule has 0 aliphatic rings. The van der Waals surface area contributed by atoms with Crippen molar-refractivity contribution in [1.29, 1.82) is 0 Å². The van der Waals surface area contributed by atoms with E-state index < -0.39 is 0 Å². The van der Waals surface area contributed by atoms with E-state index in [2.05, 4.69) is 12.2 Å². The van der Waals surface area contributed by atoms with E-state index >= 15 is 0 Å². The minimum atomic E-state index is -0.239. The first kappa shape index (κ1) is 20.4. The molecule has 1 atom stereocenters. The molecule has 0 bridgehead atoms. The van der Waals surface area contributed by atoms with Gasteiger partial charge in [-0.25, -0.2) is 0 Å². The lowest BCUT2D eigenvalue weighted by Gasteiger charge is -2.17. The van der Waals surface area contributed by atoms with Crippen LogP contribution < -0.4 is 11.1 Å². The Morgan fingerprint density at radius 2 is 1.88 bits per heavy atom. The lowest BCUT2D eigenvalue weighted by molar-refractivity contribution is 0.0926. The summed E-state index contributed by atoms with van der Waals surface area (Å²) in [5, 5.41) is 4.80. The number of nitrogens with one attached hydrogen (secondary N) is 1. The van der Waals surface area contributed by atoms with E-state index in [1.165, 1.54) is 11.3 Å². The lowest BCUT2D eigenvalue weighted by atomic mass is 10.0. The maximum Gasteiger partial charge on any atom is 0.252 e. The summed E-state index contributed by atoms with van der Waals surface area (Å²) in [4.78, 5) is 25.8. The fourth-order valence-electron chi connectivity index (χ4n) is 2.38. The lowest BCUT2D eigenvalue weighted by Crippen LogP contribution is -2.40. The molecule has 1 aromatic heterocycles. The van der Waals surface area contributed by atoms with Gasteiger partial charge in [-0.1, -0.05) is 44.0 Å². The van der Waals surface area contributed by atoms with E-state index in [0.29, 0.717) is 22.5 Å². The first-order chi connectivity index (χ1) is 11.2. The van der Waals surface area contributed by atoms with Gasteiger partial charge in [-0.15, -0.1) is 23.7 Å². The van der Waals surface area contributed by atoms with Gasteiger partial charge in [-0.05, 0) is 23.9 Å². The Kier molecular flexibility index (Phi) is 8.68. The van der Waals surface area contributed by atoms with Crippen LogP contribution in [-0.2, 0) is 0 Å². The quantitative estimate of drug-likeness (QED) is 0.700. The molecule has 1 heterocycles. The number of ketones is 1. The van der Waals surface area contributed by atoms with Crippen LogP contribution in [0.15, 0.2) is 41.8 Å². The largest absolute Gasteiger partial charge is 0.348 e. The van der Waals surface area contributed by atoms with Crippen LogP contribution in [0.25, 0.3) is 0 Å². The van der Waals surface area contributed by atoms with Crippen molar-refractivity contribution in [2.75, 3.05) is 6.54 Å². The first-order valence-electron chi connectivity index (χ1n) is 7.85. The number of benzene rings is 1. The standard InChI is InChI=1S/C18H22N2O2S.ClH/c1-2-3-7-13(12-19)20-18(22)15-9-5-4-8-14(15)17(21)16-10-6-11-23-16;/h4-6,8-11,13H,2-3,7,12,19H2,1H3,(H,20,22);1H. The summed E-state index contributed by atoms with van der Waals surface area (Å²) < 4.78 is 0. The van der Waals surface area contributed by atoms with Gasteiger partial charge in [0.25, 0.3) is 5.91 Å². The summed E-state index contributed by atoms with van der Waals surface area (Å²) in [7, 11) is 0. The van der Waals surface area contributed by atoms with E-state index in [4.69, 9.17) is 5.73 Å². The molecule has 0 radical (unpaired) electrons. The highest BCUT2D eigenvalue weighted by Crippen LogP contribution is 2.18. The van der Waals surface area contributed by atoms with Gasteiger partial charge in [-0.2, -0.15) is 0 Å². The van der Waals surface area contributed by atoms with Crippen molar-refractivity contribution in [3.63, 3.8) is 0 Å². The summed E-state index contributed by atoms with van der Waals surface area (Å²) >= 11 is 1.37. The average molecular weight is 367 g/mol. The normalized spacial score (nSPS) is 11.4. The third-order valence-corrected chi connectivity index (χ3v) is 4.56. The summed E-state index contributed by atoms with van der Waals surface area (Å²) in [6, 6.07) is 10.5. The molecule has 0 aliphatic heterocycles. The molecule has 0 saturated heterocycles. The number of hydrogen-bond acceptors (Lipinski definition) is 4. The Morgan fingerprint density at radius 3 is 2.46 bits per heavy atom. The van der Waals surface area contributed by atoms with Gasteiger partial charge < -0.3 is 11.1 Å². The molecular formula is C18H23ClN2O2S. The summed E-state index contributed by atoms with van der Waals surface area (Å²) in [6.45, 7) is 2.50. The van der Waals surface area contributed by atoms with Crippen LogP contribution in [0.2, 0.25) is 0 Å². The van der Waals surface area contributed by atoms with Crippen molar-refractivity contribution in [2.45, 2.75) is 32.2 Å². The highest BCUT2D eigenvalue weighted by Gasteiger charge is 2.20.